The Morgan fingerprint density at radius 2 is 1.81 bits per heavy atom. The number of carbonyl (C=O) groups is 3. The highest BCUT2D eigenvalue weighted by molar-refractivity contribution is 6.03. The fourth-order valence-electron chi connectivity index (χ4n) is 7.36. The topological polar surface area (TPSA) is 99.6 Å². The summed E-state index contributed by atoms with van der Waals surface area (Å²) in [5.74, 6) is -1.51. The zero-order chi connectivity index (χ0) is 31.7. The van der Waals surface area contributed by atoms with Gasteiger partial charge in [-0.25, -0.2) is 0 Å². The van der Waals surface area contributed by atoms with Crippen LogP contribution in [0.15, 0.2) is 49.6 Å². The lowest BCUT2D eigenvalue weighted by Crippen LogP contribution is -2.61. The Bertz CT molecular complexity index is 1210. The number of ether oxygens (including phenoxy) is 2. The number of nitrogens with zero attached hydrogens (tertiary/aromatic N) is 3. The lowest BCUT2D eigenvalue weighted by Gasteiger charge is -2.43. The van der Waals surface area contributed by atoms with Gasteiger partial charge in [-0.3, -0.25) is 14.4 Å². The van der Waals surface area contributed by atoms with Gasteiger partial charge < -0.3 is 29.3 Å². The molecular formula is C34H49N3O6. The standard InChI is InChI=1S/C34H49N3O6/c1-9-18-35(23-12-14-25(15-13-23)42-11-3)30(39)27-26-16-17-34(43-26)28(27)31(40)37(24(21-38)20-22(4)5)29(34)32(41)36(19-10-2)33(6,7)8/h9-10,12-15,22,24,26-29,38H,1-2,11,16-21H2,3-8H3/t24-,26-,27+,28+,29?,34?/m1/s1. The number of amides is 3. The molecule has 1 aromatic carbocycles. The number of anilines is 1. The number of aliphatic hydroxyl groups excluding tert-OH is 1. The third-order valence-corrected chi connectivity index (χ3v) is 9.03. The first-order valence-electron chi connectivity index (χ1n) is 15.5. The third-order valence-electron chi connectivity index (χ3n) is 9.03. The number of benzene rings is 1. The van der Waals surface area contributed by atoms with E-state index in [0.717, 1.165) is 0 Å². The van der Waals surface area contributed by atoms with Gasteiger partial charge in [0.05, 0.1) is 37.2 Å². The maximum absolute atomic E-state index is 14.6. The number of aliphatic hydroxyl groups is 1. The van der Waals surface area contributed by atoms with Crippen molar-refractivity contribution >= 4 is 23.4 Å². The highest BCUT2D eigenvalue weighted by Crippen LogP contribution is 2.59. The summed E-state index contributed by atoms with van der Waals surface area (Å²) in [6.45, 7) is 20.3. The molecule has 6 atom stereocenters. The molecule has 0 radical (unpaired) electrons. The lowest BCUT2D eigenvalue weighted by atomic mass is 9.70. The summed E-state index contributed by atoms with van der Waals surface area (Å²) >= 11 is 0. The largest absolute Gasteiger partial charge is 0.494 e. The number of hydrogen-bond acceptors (Lipinski definition) is 6. The van der Waals surface area contributed by atoms with Gasteiger partial charge in [-0.1, -0.05) is 26.0 Å². The third kappa shape index (κ3) is 5.86. The van der Waals surface area contributed by atoms with Gasteiger partial charge in [0.25, 0.3) is 0 Å². The summed E-state index contributed by atoms with van der Waals surface area (Å²) in [6, 6.07) is 5.74. The van der Waals surface area contributed by atoms with Crippen molar-refractivity contribution in [2.24, 2.45) is 17.8 Å². The van der Waals surface area contributed by atoms with Gasteiger partial charge in [-0.05, 0) is 77.1 Å². The molecule has 3 aliphatic rings. The first-order valence-corrected chi connectivity index (χ1v) is 15.5. The Hall–Kier alpha value is -3.17. The highest BCUT2D eigenvalue weighted by atomic mass is 16.5. The van der Waals surface area contributed by atoms with Gasteiger partial charge in [0.1, 0.15) is 17.4 Å². The van der Waals surface area contributed by atoms with E-state index in [-0.39, 0.29) is 36.8 Å². The summed E-state index contributed by atoms with van der Waals surface area (Å²) in [6.07, 6.45) is 4.42. The molecule has 1 spiro atoms. The van der Waals surface area contributed by atoms with Crippen molar-refractivity contribution in [3.05, 3.63) is 49.6 Å². The maximum atomic E-state index is 14.6. The quantitative estimate of drug-likeness (QED) is 0.343. The van der Waals surface area contributed by atoms with Crippen molar-refractivity contribution in [3.8, 4) is 5.75 Å². The molecule has 3 heterocycles. The monoisotopic (exact) mass is 595 g/mol. The molecule has 0 aliphatic carbocycles. The molecule has 2 unspecified atom stereocenters. The summed E-state index contributed by atoms with van der Waals surface area (Å²) in [5, 5.41) is 10.6. The van der Waals surface area contributed by atoms with Crippen LogP contribution in [0.5, 0.6) is 5.75 Å². The molecule has 1 N–H and O–H groups in total. The van der Waals surface area contributed by atoms with Crippen LogP contribution in [0.3, 0.4) is 0 Å². The SMILES string of the molecule is C=CCN(C(=O)[C@@H]1[C@H]2C(=O)N([C@@H](CO)CC(C)C)C(C(=O)N(CC=C)C(C)(C)C)C23CC[C@H]1O3)c1ccc(OCC)cc1. The van der Waals surface area contributed by atoms with Crippen LogP contribution in [0.25, 0.3) is 0 Å². The van der Waals surface area contributed by atoms with Crippen LogP contribution in [-0.2, 0) is 19.1 Å². The number of likely N-dealkylation sites (tertiary alicyclic amines) is 1. The fourth-order valence-corrected chi connectivity index (χ4v) is 7.36. The van der Waals surface area contributed by atoms with Crippen LogP contribution in [-0.4, -0.2) is 88.3 Å². The Kier molecular flexibility index (Phi) is 9.76. The van der Waals surface area contributed by atoms with E-state index in [0.29, 0.717) is 43.9 Å². The van der Waals surface area contributed by atoms with Crippen LogP contribution < -0.4 is 9.64 Å². The Morgan fingerprint density at radius 1 is 1.16 bits per heavy atom. The molecule has 3 saturated heterocycles. The van der Waals surface area contributed by atoms with E-state index < -0.39 is 41.2 Å². The predicted molar refractivity (Wildman–Crippen MR) is 167 cm³/mol. The number of rotatable bonds is 13. The minimum absolute atomic E-state index is 0.169. The van der Waals surface area contributed by atoms with E-state index in [1.165, 1.54) is 0 Å². The summed E-state index contributed by atoms with van der Waals surface area (Å²) < 4.78 is 12.3. The summed E-state index contributed by atoms with van der Waals surface area (Å²) in [4.78, 5) is 48.6. The van der Waals surface area contributed by atoms with Crippen molar-refractivity contribution in [3.63, 3.8) is 0 Å². The molecule has 9 heteroatoms. The number of carbonyl (C=O) groups excluding carboxylic acids is 3. The van der Waals surface area contributed by atoms with Crippen LogP contribution in [0.2, 0.25) is 0 Å². The van der Waals surface area contributed by atoms with Crippen LogP contribution in [0.4, 0.5) is 5.69 Å². The normalized spacial score (nSPS) is 26.8. The molecule has 4 rings (SSSR count). The molecule has 3 amide bonds. The molecule has 9 nitrogen and oxygen atoms in total. The predicted octanol–water partition coefficient (Wildman–Crippen LogP) is 4.20. The molecule has 2 bridgehead atoms. The Morgan fingerprint density at radius 3 is 2.35 bits per heavy atom. The van der Waals surface area contributed by atoms with Crippen LogP contribution in [0.1, 0.15) is 60.8 Å². The number of fused-ring (bicyclic) bond motifs is 1. The number of hydrogen-bond donors (Lipinski definition) is 1. The van der Waals surface area contributed by atoms with Gasteiger partial charge >= 0.3 is 0 Å². The summed E-state index contributed by atoms with van der Waals surface area (Å²) in [7, 11) is 0. The smallest absolute Gasteiger partial charge is 0.249 e. The van der Waals surface area contributed by atoms with E-state index in [1.54, 1.807) is 26.9 Å². The fraction of sp³-hybridized carbons (Fsp3) is 0.618. The molecule has 236 valence electrons. The average molecular weight is 596 g/mol. The first-order chi connectivity index (χ1) is 20.4. The molecule has 3 fully saturated rings. The van der Waals surface area contributed by atoms with E-state index >= 15 is 0 Å². The molecule has 1 aromatic rings. The molecular weight excluding hydrogens is 546 g/mol. The average Bonchev–Trinajstić information content (AvgIpc) is 3.60. The van der Waals surface area contributed by atoms with Crippen LogP contribution >= 0.6 is 0 Å². The van der Waals surface area contributed by atoms with Crippen molar-refractivity contribution in [2.75, 3.05) is 31.2 Å². The van der Waals surface area contributed by atoms with Crippen molar-refractivity contribution in [1.82, 2.24) is 9.80 Å². The van der Waals surface area contributed by atoms with Crippen molar-refractivity contribution in [2.45, 2.75) is 90.1 Å². The lowest BCUT2D eigenvalue weighted by molar-refractivity contribution is -0.154. The molecule has 0 aromatic heterocycles. The van der Waals surface area contributed by atoms with E-state index in [2.05, 4.69) is 13.2 Å². The Balaban J connectivity index is 1.79. The van der Waals surface area contributed by atoms with Crippen LogP contribution in [0, 0.1) is 17.8 Å². The van der Waals surface area contributed by atoms with Gasteiger partial charge in [0, 0.05) is 24.3 Å². The Labute approximate surface area is 256 Å². The highest BCUT2D eigenvalue weighted by Gasteiger charge is 2.75. The van der Waals surface area contributed by atoms with E-state index in [4.69, 9.17) is 9.47 Å². The summed E-state index contributed by atoms with van der Waals surface area (Å²) in [5.41, 5.74) is -1.05. The second-order valence-corrected chi connectivity index (χ2v) is 13.3. The minimum atomic E-state index is -1.16. The van der Waals surface area contributed by atoms with E-state index in [9.17, 15) is 19.5 Å². The molecule has 3 aliphatic heterocycles. The van der Waals surface area contributed by atoms with Gasteiger partial charge in [0.15, 0.2) is 0 Å². The van der Waals surface area contributed by atoms with E-state index in [1.807, 2.05) is 65.8 Å². The zero-order valence-corrected chi connectivity index (χ0v) is 26.6. The molecule has 0 saturated carbocycles. The van der Waals surface area contributed by atoms with Gasteiger partial charge in [-0.2, -0.15) is 0 Å². The second kappa shape index (κ2) is 12.8. The minimum Gasteiger partial charge on any atom is -0.494 e. The van der Waals surface area contributed by atoms with Gasteiger partial charge in [-0.15, -0.1) is 13.2 Å². The van der Waals surface area contributed by atoms with Crippen molar-refractivity contribution in [1.29, 1.82) is 0 Å². The van der Waals surface area contributed by atoms with Gasteiger partial charge in [0.2, 0.25) is 17.7 Å². The van der Waals surface area contributed by atoms with Crippen molar-refractivity contribution < 1.29 is 29.0 Å². The maximum Gasteiger partial charge on any atom is 0.249 e. The first kappa shape index (κ1) is 32.7. The molecule has 43 heavy (non-hydrogen) atoms. The zero-order valence-electron chi connectivity index (χ0n) is 26.6. The second-order valence-electron chi connectivity index (χ2n) is 13.3.